The lowest BCUT2D eigenvalue weighted by molar-refractivity contribution is 0.475. The van der Waals surface area contributed by atoms with Crippen molar-refractivity contribution in [3.05, 3.63) is 58.1 Å². The molecule has 0 radical (unpaired) electrons. The van der Waals surface area contributed by atoms with E-state index in [9.17, 15) is 0 Å². The summed E-state index contributed by atoms with van der Waals surface area (Å²) in [6.45, 7) is 6.51. The van der Waals surface area contributed by atoms with Crippen LogP contribution >= 0.6 is 15.9 Å². The van der Waals surface area contributed by atoms with E-state index in [0.29, 0.717) is 11.3 Å². The smallest absolute Gasteiger partial charge is 0.141 e. The van der Waals surface area contributed by atoms with Crippen molar-refractivity contribution in [3.63, 3.8) is 0 Å². The van der Waals surface area contributed by atoms with Crippen LogP contribution in [0.3, 0.4) is 0 Å². The zero-order valence-electron chi connectivity index (χ0n) is 11.8. The van der Waals surface area contributed by atoms with Crippen molar-refractivity contribution in [1.82, 2.24) is 0 Å². The molecule has 0 aliphatic heterocycles. The van der Waals surface area contributed by atoms with Crippen molar-refractivity contribution >= 4 is 15.9 Å². The zero-order chi connectivity index (χ0) is 14.8. The van der Waals surface area contributed by atoms with Crippen LogP contribution in [0.2, 0.25) is 0 Å². The number of rotatable bonds is 2. The molecule has 0 atom stereocenters. The van der Waals surface area contributed by atoms with E-state index in [0.717, 1.165) is 10.2 Å². The molecular weight excluding hydrogens is 314 g/mol. The first kappa shape index (κ1) is 14.6. The number of halogens is 1. The van der Waals surface area contributed by atoms with Gasteiger partial charge in [-0.2, -0.15) is 5.26 Å². The zero-order valence-corrected chi connectivity index (χ0v) is 13.4. The van der Waals surface area contributed by atoms with Gasteiger partial charge in [0.15, 0.2) is 0 Å². The van der Waals surface area contributed by atoms with Gasteiger partial charge in [0.05, 0.1) is 16.1 Å². The lowest BCUT2D eigenvalue weighted by atomic mass is 9.87. The van der Waals surface area contributed by atoms with E-state index in [2.05, 4.69) is 48.8 Å². The van der Waals surface area contributed by atoms with E-state index in [1.54, 1.807) is 18.2 Å². The lowest BCUT2D eigenvalue weighted by Gasteiger charge is -2.19. The molecule has 0 heterocycles. The number of hydrogen-bond donors (Lipinski definition) is 0. The van der Waals surface area contributed by atoms with Crippen LogP contribution in [0.25, 0.3) is 0 Å². The Hall–Kier alpha value is -1.79. The van der Waals surface area contributed by atoms with Gasteiger partial charge in [-0.1, -0.05) is 32.9 Å². The van der Waals surface area contributed by atoms with Gasteiger partial charge in [-0.05, 0) is 57.2 Å². The number of benzene rings is 2. The fourth-order valence-corrected chi connectivity index (χ4v) is 2.27. The molecule has 0 unspecified atom stereocenters. The summed E-state index contributed by atoms with van der Waals surface area (Å²) < 4.78 is 6.66. The molecule has 102 valence electrons. The number of nitriles is 1. The molecular formula is C17H16BrNO. The predicted octanol–water partition coefficient (Wildman–Crippen LogP) is 5.41. The summed E-state index contributed by atoms with van der Waals surface area (Å²) in [5, 5.41) is 8.86. The molecule has 0 saturated carbocycles. The van der Waals surface area contributed by atoms with Crippen LogP contribution in [-0.2, 0) is 5.41 Å². The molecule has 0 spiro atoms. The summed E-state index contributed by atoms with van der Waals surface area (Å²) in [6, 6.07) is 15.5. The van der Waals surface area contributed by atoms with Gasteiger partial charge in [-0.3, -0.25) is 0 Å². The van der Waals surface area contributed by atoms with Gasteiger partial charge in [0.2, 0.25) is 0 Å². The van der Waals surface area contributed by atoms with Crippen LogP contribution in [0.1, 0.15) is 31.9 Å². The Morgan fingerprint density at radius 3 is 2.45 bits per heavy atom. The lowest BCUT2D eigenvalue weighted by Crippen LogP contribution is -2.10. The first-order chi connectivity index (χ1) is 9.40. The normalized spacial score (nSPS) is 10.9. The highest BCUT2D eigenvalue weighted by Crippen LogP contribution is 2.32. The monoisotopic (exact) mass is 329 g/mol. The summed E-state index contributed by atoms with van der Waals surface area (Å²) in [5.41, 5.74) is 1.91. The van der Waals surface area contributed by atoms with Crippen molar-refractivity contribution in [3.8, 4) is 17.6 Å². The first-order valence-electron chi connectivity index (χ1n) is 6.38. The van der Waals surface area contributed by atoms with Crippen LogP contribution in [0.15, 0.2) is 46.9 Å². The highest BCUT2D eigenvalue weighted by Gasteiger charge is 2.14. The summed E-state index contributed by atoms with van der Waals surface area (Å²) >= 11 is 3.43. The molecule has 3 heteroatoms. The van der Waals surface area contributed by atoms with Gasteiger partial charge < -0.3 is 4.74 Å². The summed E-state index contributed by atoms with van der Waals surface area (Å²) in [5.74, 6) is 1.50. The number of ether oxygens (including phenoxy) is 1. The fourth-order valence-electron chi connectivity index (χ4n) is 1.81. The van der Waals surface area contributed by atoms with Gasteiger partial charge in [-0.15, -0.1) is 0 Å². The summed E-state index contributed by atoms with van der Waals surface area (Å²) in [4.78, 5) is 0. The van der Waals surface area contributed by atoms with Crippen molar-refractivity contribution in [1.29, 1.82) is 5.26 Å². The Labute approximate surface area is 128 Å². The molecule has 2 rings (SSSR count). The molecule has 2 aromatic rings. The first-order valence-corrected chi connectivity index (χ1v) is 7.17. The molecule has 2 aromatic carbocycles. The van der Waals surface area contributed by atoms with Gasteiger partial charge in [0, 0.05) is 0 Å². The molecule has 0 amide bonds. The van der Waals surface area contributed by atoms with E-state index in [4.69, 9.17) is 10.00 Å². The third-order valence-electron chi connectivity index (χ3n) is 2.99. The maximum Gasteiger partial charge on any atom is 0.141 e. The molecule has 0 saturated heterocycles. The molecule has 0 fully saturated rings. The Morgan fingerprint density at radius 2 is 1.85 bits per heavy atom. The number of hydrogen-bond acceptors (Lipinski definition) is 2. The van der Waals surface area contributed by atoms with Crippen LogP contribution in [0, 0.1) is 11.3 Å². The average Bonchev–Trinajstić information content (AvgIpc) is 2.40. The van der Waals surface area contributed by atoms with Crippen LogP contribution in [0.4, 0.5) is 0 Å². The molecule has 0 aliphatic rings. The quantitative estimate of drug-likeness (QED) is 0.737. The van der Waals surface area contributed by atoms with E-state index in [1.165, 1.54) is 5.56 Å². The Kier molecular flexibility index (Phi) is 4.15. The second-order valence-electron chi connectivity index (χ2n) is 5.64. The van der Waals surface area contributed by atoms with Crippen molar-refractivity contribution < 1.29 is 4.74 Å². The van der Waals surface area contributed by atoms with Crippen molar-refractivity contribution in [2.45, 2.75) is 26.2 Å². The molecule has 0 N–H and O–H groups in total. The topological polar surface area (TPSA) is 33.0 Å². The second kappa shape index (κ2) is 5.68. The highest BCUT2D eigenvalue weighted by molar-refractivity contribution is 9.10. The van der Waals surface area contributed by atoms with E-state index in [-0.39, 0.29) is 5.41 Å². The molecule has 0 aliphatic carbocycles. The third kappa shape index (κ3) is 3.40. The minimum atomic E-state index is 0.0846. The third-order valence-corrected chi connectivity index (χ3v) is 3.61. The maximum atomic E-state index is 8.86. The van der Waals surface area contributed by atoms with Gasteiger partial charge in [-0.25, -0.2) is 0 Å². The minimum absolute atomic E-state index is 0.0846. The van der Waals surface area contributed by atoms with Crippen LogP contribution in [0.5, 0.6) is 11.5 Å². The fraction of sp³-hybridized carbons (Fsp3) is 0.235. The van der Waals surface area contributed by atoms with E-state index >= 15 is 0 Å². The SMILES string of the molecule is CC(C)(C)c1cccc(Oc2ccc(C#N)cc2Br)c1. The molecule has 0 aromatic heterocycles. The average molecular weight is 330 g/mol. The summed E-state index contributed by atoms with van der Waals surface area (Å²) in [7, 11) is 0. The molecule has 20 heavy (non-hydrogen) atoms. The molecule has 2 nitrogen and oxygen atoms in total. The maximum absolute atomic E-state index is 8.86. The molecule has 0 bridgehead atoms. The predicted molar refractivity (Wildman–Crippen MR) is 84.1 cm³/mol. The highest BCUT2D eigenvalue weighted by atomic mass is 79.9. The number of nitrogens with zero attached hydrogens (tertiary/aromatic N) is 1. The Balaban J connectivity index is 2.29. The Morgan fingerprint density at radius 1 is 1.10 bits per heavy atom. The van der Waals surface area contributed by atoms with Crippen molar-refractivity contribution in [2.24, 2.45) is 0 Å². The Bertz CT molecular complexity index is 665. The standard InChI is InChI=1S/C17H16BrNO/c1-17(2,3)13-5-4-6-14(10-13)20-16-8-7-12(11-19)9-15(16)18/h4-10H,1-3H3. The summed E-state index contributed by atoms with van der Waals surface area (Å²) in [6.07, 6.45) is 0. The van der Waals surface area contributed by atoms with E-state index < -0.39 is 0 Å². The van der Waals surface area contributed by atoms with Gasteiger partial charge in [0.1, 0.15) is 11.5 Å². The minimum Gasteiger partial charge on any atom is -0.456 e. The van der Waals surface area contributed by atoms with Gasteiger partial charge >= 0.3 is 0 Å². The second-order valence-corrected chi connectivity index (χ2v) is 6.49. The van der Waals surface area contributed by atoms with Gasteiger partial charge in [0.25, 0.3) is 0 Å². The van der Waals surface area contributed by atoms with Crippen LogP contribution in [-0.4, -0.2) is 0 Å². The van der Waals surface area contributed by atoms with Crippen LogP contribution < -0.4 is 4.74 Å². The largest absolute Gasteiger partial charge is 0.456 e. The van der Waals surface area contributed by atoms with Crippen molar-refractivity contribution in [2.75, 3.05) is 0 Å². The van der Waals surface area contributed by atoms with E-state index in [1.807, 2.05) is 18.2 Å².